The standard InChI is InChI=1S/C38H28O/c1-3-15-26(4-2)27-16-5-10-21-32(27)38(39)35-24-13-11-22-33(35)37(34-23-12-14-25-36(34)38)30-19-8-6-17-28(30)29-18-7-9-20-31(29)37/h3-25,39H,1-2H2/b26-15+. The Bertz CT molecular complexity index is 1720. The zero-order chi connectivity index (χ0) is 26.6. The third-order valence-corrected chi connectivity index (χ3v) is 8.54. The number of benzene rings is 5. The average molecular weight is 501 g/mol. The van der Waals surface area contributed by atoms with Gasteiger partial charge in [-0.05, 0) is 55.6 Å². The van der Waals surface area contributed by atoms with Crippen LogP contribution in [0.4, 0.5) is 0 Å². The molecule has 1 heteroatoms. The fourth-order valence-electron chi connectivity index (χ4n) is 7.09. The van der Waals surface area contributed by atoms with E-state index < -0.39 is 11.0 Å². The van der Waals surface area contributed by atoms with Crippen LogP contribution in [0.1, 0.15) is 44.5 Å². The van der Waals surface area contributed by atoms with Crippen molar-refractivity contribution in [2.45, 2.75) is 11.0 Å². The normalized spacial score (nSPS) is 15.6. The molecule has 0 aliphatic heterocycles. The van der Waals surface area contributed by atoms with Crippen molar-refractivity contribution in [3.05, 3.63) is 197 Å². The summed E-state index contributed by atoms with van der Waals surface area (Å²) in [6.45, 7) is 7.97. The van der Waals surface area contributed by atoms with Crippen molar-refractivity contribution in [3.63, 3.8) is 0 Å². The molecule has 0 atom stereocenters. The van der Waals surface area contributed by atoms with Gasteiger partial charge >= 0.3 is 0 Å². The van der Waals surface area contributed by atoms with Crippen LogP contribution in [0.3, 0.4) is 0 Å². The molecule has 0 radical (unpaired) electrons. The van der Waals surface area contributed by atoms with Crippen LogP contribution in [0.2, 0.25) is 0 Å². The maximum atomic E-state index is 13.2. The average Bonchev–Trinajstić information content (AvgIpc) is 3.30. The van der Waals surface area contributed by atoms with Gasteiger partial charge in [0.15, 0.2) is 0 Å². The van der Waals surface area contributed by atoms with Crippen molar-refractivity contribution in [1.29, 1.82) is 0 Å². The molecule has 5 aromatic rings. The second-order valence-electron chi connectivity index (χ2n) is 10.3. The third kappa shape index (κ3) is 2.94. The third-order valence-electron chi connectivity index (χ3n) is 8.54. The fraction of sp³-hybridized carbons (Fsp3) is 0.0526. The smallest absolute Gasteiger partial charge is 0.141 e. The summed E-state index contributed by atoms with van der Waals surface area (Å²) in [5.41, 5.74) is 9.73. The molecule has 0 fully saturated rings. The zero-order valence-corrected chi connectivity index (χ0v) is 21.6. The lowest BCUT2D eigenvalue weighted by molar-refractivity contribution is 0.118. The second-order valence-corrected chi connectivity index (χ2v) is 10.3. The Morgan fingerprint density at radius 3 is 1.41 bits per heavy atom. The monoisotopic (exact) mass is 500 g/mol. The van der Waals surface area contributed by atoms with Crippen LogP contribution >= 0.6 is 0 Å². The zero-order valence-electron chi connectivity index (χ0n) is 21.6. The number of rotatable bonds is 4. The molecule has 0 heterocycles. The highest BCUT2D eigenvalue weighted by molar-refractivity contribution is 5.89. The van der Waals surface area contributed by atoms with E-state index in [0.717, 1.165) is 39.0 Å². The van der Waals surface area contributed by atoms with E-state index in [2.05, 4.69) is 104 Å². The first-order chi connectivity index (χ1) is 19.2. The van der Waals surface area contributed by atoms with Gasteiger partial charge in [0.05, 0.1) is 5.41 Å². The quantitative estimate of drug-likeness (QED) is 0.241. The minimum absolute atomic E-state index is 0.542. The summed E-state index contributed by atoms with van der Waals surface area (Å²) in [5.74, 6) is 0. The lowest BCUT2D eigenvalue weighted by Crippen LogP contribution is -2.44. The number of hydrogen-bond acceptors (Lipinski definition) is 1. The molecule has 5 aromatic carbocycles. The molecule has 1 spiro atoms. The van der Waals surface area contributed by atoms with Gasteiger partial charge in [-0.25, -0.2) is 0 Å². The Labute approximate surface area is 229 Å². The van der Waals surface area contributed by atoms with Crippen molar-refractivity contribution >= 4 is 5.57 Å². The van der Waals surface area contributed by atoms with Crippen LogP contribution in [-0.4, -0.2) is 5.11 Å². The predicted molar refractivity (Wildman–Crippen MR) is 161 cm³/mol. The Morgan fingerprint density at radius 2 is 0.923 bits per heavy atom. The summed E-state index contributed by atoms with van der Waals surface area (Å²) in [6, 6.07) is 42.4. The van der Waals surface area contributed by atoms with Gasteiger partial charge in [0.2, 0.25) is 0 Å². The molecule has 0 unspecified atom stereocenters. The van der Waals surface area contributed by atoms with Gasteiger partial charge in [0.1, 0.15) is 5.60 Å². The van der Waals surface area contributed by atoms with Crippen molar-refractivity contribution < 1.29 is 5.11 Å². The Balaban J connectivity index is 1.65. The predicted octanol–water partition coefficient (Wildman–Crippen LogP) is 8.40. The van der Waals surface area contributed by atoms with E-state index in [1.807, 2.05) is 42.5 Å². The van der Waals surface area contributed by atoms with E-state index in [-0.39, 0.29) is 0 Å². The molecule has 0 saturated heterocycles. The molecule has 7 rings (SSSR count). The summed E-state index contributed by atoms with van der Waals surface area (Å²) >= 11 is 0. The lowest BCUT2D eigenvalue weighted by atomic mass is 9.56. The highest BCUT2D eigenvalue weighted by Crippen LogP contribution is 2.62. The van der Waals surface area contributed by atoms with E-state index in [9.17, 15) is 5.11 Å². The molecule has 1 nitrogen and oxygen atoms in total. The van der Waals surface area contributed by atoms with Crippen molar-refractivity contribution in [1.82, 2.24) is 0 Å². The van der Waals surface area contributed by atoms with Gasteiger partial charge in [-0.15, -0.1) is 0 Å². The highest BCUT2D eigenvalue weighted by atomic mass is 16.3. The molecule has 186 valence electrons. The van der Waals surface area contributed by atoms with Crippen molar-refractivity contribution in [3.8, 4) is 11.1 Å². The summed E-state index contributed by atoms with van der Waals surface area (Å²) < 4.78 is 0. The summed E-state index contributed by atoms with van der Waals surface area (Å²) in [7, 11) is 0. The van der Waals surface area contributed by atoms with Gasteiger partial charge in [0, 0.05) is 5.56 Å². The Kier molecular flexibility index (Phi) is 5.20. The van der Waals surface area contributed by atoms with Gasteiger partial charge in [0.25, 0.3) is 0 Å². The molecule has 0 amide bonds. The van der Waals surface area contributed by atoms with Gasteiger partial charge < -0.3 is 5.11 Å². The van der Waals surface area contributed by atoms with Gasteiger partial charge in [-0.3, -0.25) is 0 Å². The number of allylic oxidation sites excluding steroid dienone is 4. The highest BCUT2D eigenvalue weighted by Gasteiger charge is 2.55. The van der Waals surface area contributed by atoms with Crippen LogP contribution in [0.25, 0.3) is 16.7 Å². The molecule has 39 heavy (non-hydrogen) atoms. The molecule has 1 N–H and O–H groups in total. The van der Waals surface area contributed by atoms with Crippen LogP contribution in [-0.2, 0) is 11.0 Å². The summed E-state index contributed by atoms with van der Waals surface area (Å²) in [4.78, 5) is 0. The topological polar surface area (TPSA) is 20.2 Å². The molecular formula is C38H28O. The van der Waals surface area contributed by atoms with E-state index in [4.69, 9.17) is 0 Å². The first-order valence-corrected chi connectivity index (χ1v) is 13.3. The van der Waals surface area contributed by atoms with Gasteiger partial charge in [-0.1, -0.05) is 153 Å². The van der Waals surface area contributed by atoms with Crippen LogP contribution in [0.5, 0.6) is 0 Å². The molecule has 0 aromatic heterocycles. The van der Waals surface area contributed by atoms with E-state index in [1.54, 1.807) is 6.08 Å². The van der Waals surface area contributed by atoms with Crippen LogP contribution in [0.15, 0.2) is 153 Å². The van der Waals surface area contributed by atoms with Crippen molar-refractivity contribution in [2.24, 2.45) is 0 Å². The summed E-state index contributed by atoms with van der Waals surface area (Å²) in [6.07, 6.45) is 5.54. The lowest BCUT2D eigenvalue weighted by Gasteiger charge is -2.47. The van der Waals surface area contributed by atoms with E-state index in [0.29, 0.717) is 0 Å². The minimum Gasteiger partial charge on any atom is -0.376 e. The van der Waals surface area contributed by atoms with Crippen LogP contribution in [0, 0.1) is 0 Å². The minimum atomic E-state index is -1.38. The van der Waals surface area contributed by atoms with E-state index in [1.165, 1.54) is 22.3 Å². The Morgan fingerprint density at radius 1 is 0.513 bits per heavy atom. The first-order valence-electron chi connectivity index (χ1n) is 13.3. The molecule has 2 aliphatic rings. The molecule has 2 aliphatic carbocycles. The van der Waals surface area contributed by atoms with Crippen molar-refractivity contribution in [2.75, 3.05) is 0 Å². The first kappa shape index (κ1) is 23.4. The van der Waals surface area contributed by atoms with Crippen LogP contribution < -0.4 is 0 Å². The molecule has 0 saturated carbocycles. The maximum Gasteiger partial charge on any atom is 0.141 e. The Hall–Kier alpha value is -4.72. The second kappa shape index (κ2) is 8.66. The maximum absolute atomic E-state index is 13.2. The number of hydrogen-bond donors (Lipinski definition) is 1. The molecule has 0 bridgehead atoms. The fourth-order valence-corrected chi connectivity index (χ4v) is 7.09. The van der Waals surface area contributed by atoms with Gasteiger partial charge in [-0.2, -0.15) is 0 Å². The van der Waals surface area contributed by atoms with E-state index >= 15 is 0 Å². The SMILES string of the molecule is C=C/C=C(\C=C)c1ccccc1C1(O)c2ccccc2C2(c3ccccc3-c3ccccc32)c2ccccc21. The number of fused-ring (bicyclic) bond motifs is 9. The largest absolute Gasteiger partial charge is 0.376 e. The number of aliphatic hydroxyl groups is 1. The summed E-state index contributed by atoms with van der Waals surface area (Å²) in [5, 5.41) is 13.2. The molecular weight excluding hydrogens is 472 g/mol.